The van der Waals surface area contributed by atoms with E-state index in [0.717, 1.165) is 18.4 Å². The fraction of sp³-hybridized carbons (Fsp3) is 0.321. The van der Waals surface area contributed by atoms with Crippen molar-refractivity contribution in [2.24, 2.45) is 0 Å². The standard InChI is InChI=1S/C28H29F3N4O6S/c1-15(2)32-10-11-41-22-9-8-20(26-34-21-12-16(39-3)13-23(40-4)24(21)27(36)35-26)33-25(22)18-7-6-17(42(5,37)38)14-19(18)28(29,30)31/h6-9,12-15,32H,10-11H2,1-5H3,(H,34,35,36). The van der Waals surface area contributed by atoms with Crippen LogP contribution in [0, 0.1) is 0 Å². The first-order valence-corrected chi connectivity index (χ1v) is 14.6. The van der Waals surface area contributed by atoms with Crippen LogP contribution in [0.4, 0.5) is 13.2 Å². The molecule has 0 fully saturated rings. The van der Waals surface area contributed by atoms with Crippen molar-refractivity contribution in [2.45, 2.75) is 31.0 Å². The number of nitrogens with zero attached hydrogens (tertiary/aromatic N) is 2. The van der Waals surface area contributed by atoms with E-state index in [1.807, 2.05) is 13.8 Å². The third-order valence-corrected chi connectivity index (χ3v) is 7.30. The number of ether oxygens (including phenoxy) is 3. The quantitative estimate of drug-likeness (QED) is 0.251. The van der Waals surface area contributed by atoms with E-state index in [2.05, 4.69) is 20.3 Å². The topological polar surface area (TPSA) is 132 Å². The maximum absolute atomic E-state index is 14.3. The zero-order valence-corrected chi connectivity index (χ0v) is 24.2. The number of nitrogens with one attached hydrogen (secondary N) is 2. The minimum absolute atomic E-state index is 0.0217. The number of fused-ring (bicyclic) bond motifs is 1. The van der Waals surface area contributed by atoms with Gasteiger partial charge in [0.05, 0.1) is 30.2 Å². The molecule has 224 valence electrons. The van der Waals surface area contributed by atoms with E-state index >= 15 is 0 Å². The smallest absolute Gasteiger partial charge is 0.417 e. The van der Waals surface area contributed by atoms with Gasteiger partial charge < -0.3 is 24.5 Å². The highest BCUT2D eigenvalue weighted by Gasteiger charge is 2.36. The van der Waals surface area contributed by atoms with Crippen molar-refractivity contribution >= 4 is 20.7 Å². The first-order chi connectivity index (χ1) is 19.7. The molecular weight excluding hydrogens is 577 g/mol. The molecule has 0 atom stereocenters. The highest BCUT2D eigenvalue weighted by Crippen LogP contribution is 2.41. The lowest BCUT2D eigenvalue weighted by Gasteiger charge is -2.18. The number of halogens is 3. The Morgan fingerprint density at radius 2 is 1.74 bits per heavy atom. The van der Waals surface area contributed by atoms with Crippen molar-refractivity contribution in [3.05, 3.63) is 58.4 Å². The van der Waals surface area contributed by atoms with Crippen LogP contribution in [0.5, 0.6) is 17.2 Å². The third-order valence-electron chi connectivity index (χ3n) is 6.19. The van der Waals surface area contributed by atoms with Gasteiger partial charge in [-0.2, -0.15) is 13.2 Å². The van der Waals surface area contributed by atoms with Gasteiger partial charge >= 0.3 is 6.18 Å². The van der Waals surface area contributed by atoms with Gasteiger partial charge in [-0.15, -0.1) is 0 Å². The molecule has 0 aliphatic rings. The van der Waals surface area contributed by atoms with E-state index in [4.69, 9.17) is 14.2 Å². The summed E-state index contributed by atoms with van der Waals surface area (Å²) >= 11 is 0. The molecule has 2 heterocycles. The Kier molecular flexibility index (Phi) is 8.78. The van der Waals surface area contributed by atoms with E-state index in [9.17, 15) is 26.4 Å². The lowest BCUT2D eigenvalue weighted by molar-refractivity contribution is -0.137. The monoisotopic (exact) mass is 606 g/mol. The van der Waals surface area contributed by atoms with Crippen molar-refractivity contribution in [1.82, 2.24) is 20.3 Å². The molecule has 0 spiro atoms. The Bertz CT molecular complexity index is 1790. The number of benzene rings is 2. The van der Waals surface area contributed by atoms with Crippen molar-refractivity contribution in [1.29, 1.82) is 0 Å². The van der Waals surface area contributed by atoms with Crippen LogP contribution >= 0.6 is 0 Å². The Labute approximate surface area is 239 Å². The SMILES string of the molecule is COc1cc(OC)c2c(=O)[nH]c(-c3ccc(OCCNC(C)C)c(-c4ccc(S(C)(=O)=O)cc4C(F)(F)F)n3)nc2c1. The van der Waals surface area contributed by atoms with Crippen LogP contribution in [0.15, 0.2) is 52.2 Å². The Morgan fingerprint density at radius 1 is 1.00 bits per heavy atom. The van der Waals surface area contributed by atoms with Crippen LogP contribution in [0.25, 0.3) is 33.7 Å². The predicted molar refractivity (Wildman–Crippen MR) is 151 cm³/mol. The van der Waals surface area contributed by atoms with Crippen molar-refractivity contribution in [3.63, 3.8) is 0 Å². The molecule has 0 radical (unpaired) electrons. The van der Waals surface area contributed by atoms with Gasteiger partial charge in [-0.3, -0.25) is 4.79 Å². The summed E-state index contributed by atoms with van der Waals surface area (Å²) in [6.45, 7) is 4.38. The average molecular weight is 607 g/mol. The van der Waals surface area contributed by atoms with E-state index in [1.54, 1.807) is 0 Å². The Hall–Kier alpha value is -4.17. The summed E-state index contributed by atoms with van der Waals surface area (Å²) in [5, 5.41) is 3.30. The van der Waals surface area contributed by atoms with Gasteiger partial charge in [0, 0.05) is 36.5 Å². The maximum atomic E-state index is 14.3. The second-order valence-corrected chi connectivity index (χ2v) is 11.6. The third kappa shape index (κ3) is 6.65. The second kappa shape index (κ2) is 12.0. The summed E-state index contributed by atoms with van der Waals surface area (Å²) in [6, 6.07) is 8.75. The van der Waals surface area contributed by atoms with E-state index in [1.165, 1.54) is 38.5 Å². The second-order valence-electron chi connectivity index (χ2n) is 9.62. The number of rotatable bonds is 10. The maximum Gasteiger partial charge on any atom is 0.417 e. The van der Waals surface area contributed by atoms with E-state index < -0.39 is 37.6 Å². The number of hydrogen-bond acceptors (Lipinski definition) is 9. The van der Waals surface area contributed by atoms with Crippen LogP contribution in [0.2, 0.25) is 0 Å². The Morgan fingerprint density at radius 3 is 2.36 bits per heavy atom. The summed E-state index contributed by atoms with van der Waals surface area (Å²) in [6.07, 6.45) is -4.10. The van der Waals surface area contributed by atoms with E-state index in [-0.39, 0.29) is 52.3 Å². The summed E-state index contributed by atoms with van der Waals surface area (Å²) in [5.41, 5.74) is -2.15. The van der Waals surface area contributed by atoms with Gasteiger partial charge in [-0.25, -0.2) is 18.4 Å². The molecule has 42 heavy (non-hydrogen) atoms. The minimum atomic E-state index is -4.92. The molecule has 2 aromatic carbocycles. The van der Waals surface area contributed by atoms with Crippen molar-refractivity contribution in [3.8, 4) is 40.0 Å². The number of sulfone groups is 1. The van der Waals surface area contributed by atoms with Crippen LogP contribution in [-0.4, -0.2) is 63.0 Å². The lowest BCUT2D eigenvalue weighted by Crippen LogP contribution is -2.27. The molecule has 0 bridgehead atoms. The summed E-state index contributed by atoms with van der Waals surface area (Å²) in [5.74, 6) is 0.584. The molecule has 10 nitrogen and oxygen atoms in total. The Balaban J connectivity index is 1.93. The minimum Gasteiger partial charge on any atom is -0.497 e. The number of pyridine rings is 1. The molecule has 0 aliphatic heterocycles. The molecule has 0 saturated heterocycles. The van der Waals surface area contributed by atoms with Crippen LogP contribution in [-0.2, 0) is 16.0 Å². The molecule has 0 saturated carbocycles. The largest absolute Gasteiger partial charge is 0.497 e. The van der Waals surface area contributed by atoms with Gasteiger partial charge in [-0.1, -0.05) is 19.9 Å². The fourth-order valence-electron chi connectivity index (χ4n) is 4.20. The zero-order valence-electron chi connectivity index (χ0n) is 23.4. The molecular formula is C28H29F3N4O6S. The molecule has 0 unspecified atom stereocenters. The molecule has 14 heteroatoms. The number of H-pyrrole nitrogens is 1. The van der Waals surface area contributed by atoms with E-state index in [0.29, 0.717) is 18.4 Å². The zero-order chi connectivity index (χ0) is 30.8. The normalized spacial score (nSPS) is 12.1. The number of hydrogen-bond donors (Lipinski definition) is 2. The van der Waals surface area contributed by atoms with Gasteiger partial charge in [0.2, 0.25) is 0 Å². The molecule has 2 N–H and O–H groups in total. The number of alkyl halides is 3. The summed E-state index contributed by atoms with van der Waals surface area (Å²) in [7, 11) is -1.12. The molecule has 0 amide bonds. The fourth-order valence-corrected chi connectivity index (χ4v) is 4.85. The van der Waals surface area contributed by atoms with Crippen molar-refractivity contribution < 1.29 is 35.8 Å². The summed E-state index contributed by atoms with van der Waals surface area (Å²) < 4.78 is 83.3. The summed E-state index contributed by atoms with van der Waals surface area (Å²) in [4.78, 5) is 24.1. The lowest BCUT2D eigenvalue weighted by atomic mass is 10.0. The first kappa shape index (κ1) is 30.8. The van der Waals surface area contributed by atoms with Gasteiger partial charge in [0.15, 0.2) is 15.7 Å². The molecule has 4 aromatic rings. The van der Waals surface area contributed by atoms with Gasteiger partial charge in [0.1, 0.15) is 40.6 Å². The number of methoxy groups -OCH3 is 2. The van der Waals surface area contributed by atoms with Crippen LogP contribution in [0.3, 0.4) is 0 Å². The number of aromatic nitrogens is 3. The molecule has 4 rings (SSSR count). The highest BCUT2D eigenvalue weighted by molar-refractivity contribution is 7.90. The highest BCUT2D eigenvalue weighted by atomic mass is 32.2. The van der Waals surface area contributed by atoms with Crippen molar-refractivity contribution in [2.75, 3.05) is 33.6 Å². The molecule has 2 aromatic heterocycles. The first-order valence-electron chi connectivity index (χ1n) is 12.7. The number of aromatic amines is 1. The molecule has 0 aliphatic carbocycles. The average Bonchev–Trinajstić information content (AvgIpc) is 2.93. The van der Waals surface area contributed by atoms with Crippen LogP contribution in [0.1, 0.15) is 19.4 Å². The van der Waals surface area contributed by atoms with Crippen LogP contribution < -0.4 is 25.1 Å². The van der Waals surface area contributed by atoms with Gasteiger partial charge in [0.25, 0.3) is 5.56 Å². The predicted octanol–water partition coefficient (Wildman–Crippen LogP) is 4.47. The van der Waals surface area contributed by atoms with Gasteiger partial charge in [-0.05, 0) is 24.3 Å².